The zero-order chi connectivity index (χ0) is 24.6. The lowest BCUT2D eigenvalue weighted by Gasteiger charge is -2.34. The van der Waals surface area contributed by atoms with Gasteiger partial charge in [0.05, 0.1) is 11.3 Å². The van der Waals surface area contributed by atoms with Gasteiger partial charge < -0.3 is 9.80 Å². The molecule has 2 aliphatic rings. The summed E-state index contributed by atoms with van der Waals surface area (Å²) in [4.78, 5) is 32.9. The second-order valence-corrected chi connectivity index (χ2v) is 11.1. The van der Waals surface area contributed by atoms with Crippen LogP contribution in [0.2, 0.25) is 5.02 Å². The van der Waals surface area contributed by atoms with Crippen LogP contribution in [0.1, 0.15) is 6.99 Å². The largest absolute Gasteiger partial charge is 0.326 e. The van der Waals surface area contributed by atoms with Crippen molar-refractivity contribution in [2.45, 2.75) is 11.3 Å². The first-order valence-electron chi connectivity index (χ1n) is 10.8. The van der Waals surface area contributed by atoms with Gasteiger partial charge in [0.1, 0.15) is 6.54 Å². The van der Waals surface area contributed by atoms with Gasteiger partial charge in [-0.15, -0.1) is 11.3 Å². The number of thiazole rings is 1. The average molecular weight is 533 g/mol. The van der Waals surface area contributed by atoms with Crippen LogP contribution in [-0.2, 0) is 26.0 Å². The highest BCUT2D eigenvalue weighted by Crippen LogP contribution is 2.28. The summed E-state index contributed by atoms with van der Waals surface area (Å²) in [5.74, 6) is -0.369. The molecule has 5 rings (SSSR count). The van der Waals surface area contributed by atoms with Gasteiger partial charge in [-0.05, 0) is 30.3 Å². The first-order chi connectivity index (χ1) is 16.8. The molecule has 2 amide bonds. The van der Waals surface area contributed by atoms with Crippen LogP contribution in [-0.4, -0.2) is 67.1 Å². The summed E-state index contributed by atoms with van der Waals surface area (Å²) in [7, 11) is -3.77. The molecule has 182 valence electrons. The Balaban J connectivity index is 0.00000304. The van der Waals surface area contributed by atoms with Gasteiger partial charge in [0, 0.05) is 48.4 Å². The van der Waals surface area contributed by atoms with Crippen LogP contribution < -0.4 is 9.62 Å². The number of aromatic nitrogens is 1. The summed E-state index contributed by atoms with van der Waals surface area (Å²) in [5, 5.41) is 2.57. The molecule has 12 heteroatoms. The molecule has 2 aromatic carbocycles. The van der Waals surface area contributed by atoms with Crippen molar-refractivity contribution in [3.05, 3.63) is 64.6 Å². The molecule has 0 spiro atoms. The SMILES string of the molecule is O=C(C[N+]1=CCc2ccc(Cl)cc21)N1CCN(c2ccc(S(=O)(=O)Nc3nccs3)cc2)C(=O)C1.[HH]. The summed E-state index contributed by atoms with van der Waals surface area (Å²) in [6.07, 6.45) is 4.20. The molecule has 0 aliphatic carbocycles. The van der Waals surface area contributed by atoms with E-state index in [-0.39, 0.29) is 36.4 Å². The van der Waals surface area contributed by atoms with Crippen LogP contribution in [0.15, 0.2) is 58.9 Å². The van der Waals surface area contributed by atoms with Crippen LogP contribution in [0.25, 0.3) is 0 Å². The fourth-order valence-corrected chi connectivity index (χ4v) is 6.05. The van der Waals surface area contributed by atoms with Crippen molar-refractivity contribution in [2.24, 2.45) is 0 Å². The van der Waals surface area contributed by atoms with Crippen molar-refractivity contribution in [3.63, 3.8) is 0 Å². The second-order valence-electron chi connectivity index (χ2n) is 8.08. The maximum absolute atomic E-state index is 12.9. The van der Waals surface area contributed by atoms with Gasteiger partial charge in [0.25, 0.3) is 15.9 Å². The number of anilines is 2. The van der Waals surface area contributed by atoms with Gasteiger partial charge in [-0.25, -0.2) is 13.4 Å². The Morgan fingerprint density at radius 3 is 2.71 bits per heavy atom. The summed E-state index contributed by atoms with van der Waals surface area (Å²) < 4.78 is 29.3. The van der Waals surface area contributed by atoms with Gasteiger partial charge in [0.2, 0.25) is 18.1 Å². The van der Waals surface area contributed by atoms with Crippen molar-refractivity contribution < 1.29 is 24.0 Å². The van der Waals surface area contributed by atoms with Crippen LogP contribution >= 0.6 is 22.9 Å². The highest BCUT2D eigenvalue weighted by Gasteiger charge is 2.32. The summed E-state index contributed by atoms with van der Waals surface area (Å²) in [6, 6.07) is 11.7. The number of hydrogen-bond acceptors (Lipinski definition) is 6. The molecule has 3 aromatic rings. The average Bonchev–Trinajstić information content (AvgIpc) is 3.48. The Labute approximate surface area is 212 Å². The number of amides is 2. The zero-order valence-corrected chi connectivity index (χ0v) is 20.8. The van der Waals surface area contributed by atoms with Gasteiger partial charge in [-0.3, -0.25) is 14.3 Å². The molecule has 1 aromatic heterocycles. The Hall–Kier alpha value is -3.28. The van der Waals surface area contributed by atoms with Crippen LogP contribution in [0.4, 0.5) is 16.5 Å². The van der Waals surface area contributed by atoms with Gasteiger partial charge in [-0.1, -0.05) is 17.7 Å². The number of sulfonamides is 1. The van der Waals surface area contributed by atoms with Crippen molar-refractivity contribution in [3.8, 4) is 0 Å². The summed E-state index contributed by atoms with van der Waals surface area (Å²) in [5.41, 5.74) is 2.59. The number of halogens is 1. The Kier molecular flexibility index (Phi) is 6.30. The molecular weight excluding hydrogens is 510 g/mol. The van der Waals surface area contributed by atoms with Crippen molar-refractivity contribution in [2.75, 3.05) is 35.8 Å². The van der Waals surface area contributed by atoms with E-state index in [0.29, 0.717) is 23.8 Å². The minimum Gasteiger partial charge on any atom is -0.326 e. The number of nitrogens with one attached hydrogen (secondary N) is 1. The van der Waals surface area contributed by atoms with Crippen LogP contribution in [0.3, 0.4) is 0 Å². The molecule has 9 nitrogen and oxygen atoms in total. The lowest BCUT2D eigenvalue weighted by molar-refractivity contribution is -0.421. The molecule has 35 heavy (non-hydrogen) atoms. The standard InChI is InChI=1S/C23H21ClN5O4S2.H2/c24-17-2-1-16-7-9-27(20(16)13-17)14-21(30)28-10-11-29(22(31)15-28)18-3-5-19(6-4-18)35(32,33)26-23-25-8-12-34-23;/h1-6,8-9,12-13H,7,10-11,14-15H2,(H,25,26);1H/q+1;. The van der Waals surface area contributed by atoms with Gasteiger partial charge >= 0.3 is 0 Å². The van der Waals surface area contributed by atoms with E-state index in [2.05, 4.69) is 9.71 Å². The Bertz CT molecular complexity index is 1430. The van der Waals surface area contributed by atoms with Gasteiger partial charge in [-0.2, -0.15) is 4.58 Å². The van der Waals surface area contributed by atoms with Crippen molar-refractivity contribution in [1.29, 1.82) is 0 Å². The van der Waals surface area contributed by atoms with E-state index >= 15 is 0 Å². The maximum atomic E-state index is 12.9. The minimum atomic E-state index is -3.77. The highest BCUT2D eigenvalue weighted by atomic mass is 35.5. The fourth-order valence-electron chi connectivity index (χ4n) is 4.09. The first-order valence-corrected chi connectivity index (χ1v) is 13.5. The number of hydrogen-bond donors (Lipinski definition) is 1. The van der Waals surface area contributed by atoms with Crippen molar-refractivity contribution in [1.82, 2.24) is 9.88 Å². The fraction of sp³-hybridized carbons (Fsp3) is 0.217. The predicted octanol–water partition coefficient (Wildman–Crippen LogP) is 2.99. The number of nitrogens with zero attached hydrogens (tertiary/aromatic N) is 4. The molecule has 1 fully saturated rings. The molecule has 0 unspecified atom stereocenters. The van der Waals surface area contributed by atoms with Crippen LogP contribution in [0.5, 0.6) is 0 Å². The Morgan fingerprint density at radius 1 is 1.20 bits per heavy atom. The quantitative estimate of drug-likeness (QED) is 0.492. The number of carbonyl (C=O) groups is 2. The lowest BCUT2D eigenvalue weighted by Crippen LogP contribution is -2.53. The first kappa shape index (κ1) is 23.5. The van der Waals surface area contributed by atoms with Crippen LogP contribution in [0, 0.1) is 0 Å². The number of carbonyl (C=O) groups excluding carboxylic acids is 2. The van der Waals surface area contributed by atoms with E-state index in [1.54, 1.807) is 27.3 Å². The third-order valence-corrected chi connectivity index (χ3v) is 8.29. The maximum Gasteiger partial charge on any atom is 0.289 e. The number of piperazine rings is 1. The number of benzene rings is 2. The number of fused-ring (bicyclic) bond motifs is 1. The normalized spacial score (nSPS) is 15.7. The molecule has 0 saturated carbocycles. The van der Waals surface area contributed by atoms with Crippen molar-refractivity contribution >= 4 is 67.5 Å². The minimum absolute atomic E-state index is 0. The van der Waals surface area contributed by atoms with E-state index in [1.165, 1.54) is 29.7 Å². The third-order valence-electron chi connectivity index (χ3n) is 5.88. The summed E-state index contributed by atoms with van der Waals surface area (Å²) in [6.45, 7) is 0.798. The topological polar surface area (TPSA) is 103 Å². The molecule has 2 aliphatic heterocycles. The van der Waals surface area contributed by atoms with E-state index in [0.717, 1.165) is 17.7 Å². The molecule has 0 radical (unpaired) electrons. The monoisotopic (exact) mass is 532 g/mol. The Morgan fingerprint density at radius 2 is 2.00 bits per heavy atom. The highest BCUT2D eigenvalue weighted by molar-refractivity contribution is 7.93. The zero-order valence-electron chi connectivity index (χ0n) is 18.4. The van der Waals surface area contributed by atoms with E-state index in [1.807, 2.05) is 29.0 Å². The van der Waals surface area contributed by atoms with E-state index in [4.69, 9.17) is 11.6 Å². The molecular formula is C23H23ClN5O4S2+. The molecule has 0 bridgehead atoms. The number of rotatable bonds is 6. The van der Waals surface area contributed by atoms with Gasteiger partial charge in [0.15, 0.2) is 11.3 Å². The smallest absolute Gasteiger partial charge is 0.289 e. The molecule has 3 heterocycles. The molecule has 1 saturated heterocycles. The lowest BCUT2D eigenvalue weighted by atomic mass is 10.1. The van der Waals surface area contributed by atoms with E-state index in [9.17, 15) is 18.0 Å². The predicted molar refractivity (Wildman–Crippen MR) is 136 cm³/mol. The molecule has 0 atom stereocenters. The molecule has 1 N–H and O–H groups in total. The van der Waals surface area contributed by atoms with E-state index < -0.39 is 10.0 Å². The third kappa shape index (κ3) is 4.93. The second kappa shape index (κ2) is 9.40. The summed E-state index contributed by atoms with van der Waals surface area (Å²) >= 11 is 7.29.